The zero-order valence-electron chi connectivity index (χ0n) is 15.6. The van der Waals surface area contributed by atoms with Gasteiger partial charge in [0.25, 0.3) is 11.8 Å². The van der Waals surface area contributed by atoms with E-state index in [0.717, 1.165) is 11.1 Å². The third-order valence-corrected chi connectivity index (χ3v) is 5.77. The van der Waals surface area contributed by atoms with Gasteiger partial charge >= 0.3 is 6.02 Å². The topological polar surface area (TPSA) is 80.7 Å². The van der Waals surface area contributed by atoms with Crippen LogP contribution in [0.1, 0.15) is 32.6 Å². The Morgan fingerprint density at radius 2 is 1.97 bits per heavy atom. The molecule has 0 unspecified atom stereocenters. The van der Waals surface area contributed by atoms with Crippen molar-refractivity contribution in [2.75, 3.05) is 0 Å². The van der Waals surface area contributed by atoms with Crippen LogP contribution in [0.3, 0.4) is 0 Å². The van der Waals surface area contributed by atoms with Crippen molar-refractivity contribution in [3.8, 4) is 10.6 Å². The van der Waals surface area contributed by atoms with Gasteiger partial charge < -0.3 is 4.74 Å². The quantitative estimate of drug-likeness (QED) is 0.671. The van der Waals surface area contributed by atoms with Crippen molar-refractivity contribution in [3.63, 3.8) is 0 Å². The summed E-state index contributed by atoms with van der Waals surface area (Å²) >= 11 is 7.25. The number of amidine groups is 1. The summed E-state index contributed by atoms with van der Waals surface area (Å²) < 4.78 is 5.57. The largest absolute Gasteiger partial charge is 0.446 e. The monoisotopic (exact) mass is 425 g/mol. The number of hydrogen-bond donors (Lipinski definition) is 1. The average Bonchev–Trinajstić information content (AvgIpc) is 3.25. The second-order valence-electron chi connectivity index (χ2n) is 6.56. The van der Waals surface area contributed by atoms with Crippen LogP contribution in [0.5, 0.6) is 0 Å². The molecule has 146 valence electrons. The maximum Gasteiger partial charge on any atom is 0.300 e. The summed E-state index contributed by atoms with van der Waals surface area (Å²) in [5, 5.41) is 3.78. The highest BCUT2D eigenvalue weighted by Gasteiger charge is 2.33. The van der Waals surface area contributed by atoms with Crippen LogP contribution in [0.2, 0.25) is 5.02 Å². The fourth-order valence-corrected chi connectivity index (χ4v) is 4.00. The van der Waals surface area contributed by atoms with E-state index in [0.29, 0.717) is 26.2 Å². The van der Waals surface area contributed by atoms with Gasteiger partial charge in [0.1, 0.15) is 9.88 Å². The molecule has 29 heavy (non-hydrogen) atoms. The molecule has 3 aromatic rings. The van der Waals surface area contributed by atoms with E-state index in [1.54, 1.807) is 19.1 Å². The van der Waals surface area contributed by atoms with Crippen LogP contribution < -0.4 is 5.32 Å². The third-order valence-electron chi connectivity index (χ3n) is 4.34. The highest BCUT2D eigenvalue weighted by Crippen LogP contribution is 2.30. The van der Waals surface area contributed by atoms with Crippen LogP contribution in [0.4, 0.5) is 0 Å². The molecule has 1 atom stereocenters. The van der Waals surface area contributed by atoms with E-state index >= 15 is 0 Å². The third kappa shape index (κ3) is 4.06. The minimum Gasteiger partial charge on any atom is -0.446 e. The van der Waals surface area contributed by atoms with Crippen LogP contribution in [-0.2, 0) is 9.53 Å². The van der Waals surface area contributed by atoms with Gasteiger partial charge in [-0.25, -0.2) is 4.98 Å². The lowest BCUT2D eigenvalue weighted by molar-refractivity contribution is -0.123. The van der Waals surface area contributed by atoms with E-state index in [1.165, 1.54) is 11.3 Å². The fourth-order valence-electron chi connectivity index (χ4n) is 2.86. The first-order chi connectivity index (χ1) is 13.9. The summed E-state index contributed by atoms with van der Waals surface area (Å²) in [6, 6.07) is 14.6. The Morgan fingerprint density at radius 3 is 2.69 bits per heavy atom. The van der Waals surface area contributed by atoms with E-state index in [9.17, 15) is 9.59 Å². The van der Waals surface area contributed by atoms with Crippen molar-refractivity contribution in [1.29, 1.82) is 0 Å². The zero-order valence-corrected chi connectivity index (χ0v) is 17.2. The molecule has 0 aliphatic carbocycles. The molecular formula is C21H16ClN3O3S. The molecule has 2 aromatic carbocycles. The normalized spacial score (nSPS) is 17.3. The number of aromatic nitrogens is 1. The van der Waals surface area contributed by atoms with Gasteiger partial charge in [0.05, 0.1) is 5.69 Å². The molecule has 1 saturated heterocycles. The molecule has 8 heteroatoms. The first-order valence-electron chi connectivity index (χ1n) is 8.81. The maximum atomic E-state index is 12.7. The fraction of sp³-hybridized carbons (Fsp3) is 0.143. The molecule has 4 rings (SSSR count). The number of hydrogen-bond acceptors (Lipinski definition) is 5. The lowest BCUT2D eigenvalue weighted by Crippen LogP contribution is -2.22. The number of nitrogens with zero attached hydrogens (tertiary/aromatic N) is 2. The summed E-state index contributed by atoms with van der Waals surface area (Å²) in [6.45, 7) is 3.70. The predicted molar refractivity (Wildman–Crippen MR) is 112 cm³/mol. The maximum absolute atomic E-state index is 12.7. The van der Waals surface area contributed by atoms with Crippen LogP contribution in [0.15, 0.2) is 53.5 Å². The number of rotatable bonds is 3. The van der Waals surface area contributed by atoms with Crippen molar-refractivity contribution >= 4 is 40.8 Å². The molecule has 0 radical (unpaired) electrons. The number of aryl methyl sites for hydroxylation is 2. The van der Waals surface area contributed by atoms with Crippen molar-refractivity contribution in [1.82, 2.24) is 10.3 Å². The molecule has 2 amide bonds. The number of aliphatic imine (C=N–C) groups is 1. The van der Waals surface area contributed by atoms with Crippen molar-refractivity contribution < 1.29 is 14.3 Å². The van der Waals surface area contributed by atoms with Crippen molar-refractivity contribution in [2.24, 2.45) is 4.99 Å². The number of benzene rings is 2. The van der Waals surface area contributed by atoms with E-state index < -0.39 is 12.0 Å². The van der Waals surface area contributed by atoms with Crippen LogP contribution in [0, 0.1) is 13.8 Å². The summed E-state index contributed by atoms with van der Waals surface area (Å²) in [5.41, 5.74) is 3.15. The first-order valence-corrected chi connectivity index (χ1v) is 10.0. The summed E-state index contributed by atoms with van der Waals surface area (Å²) in [7, 11) is 0. The molecule has 1 aromatic heterocycles. The number of carbonyl (C=O) groups is 2. The Hall–Kier alpha value is -3.03. The number of carbonyl (C=O) groups excluding carboxylic acids is 2. The molecule has 6 nitrogen and oxygen atoms in total. The molecule has 0 bridgehead atoms. The van der Waals surface area contributed by atoms with Gasteiger partial charge in [-0.1, -0.05) is 53.6 Å². The van der Waals surface area contributed by atoms with E-state index in [2.05, 4.69) is 15.3 Å². The van der Waals surface area contributed by atoms with E-state index in [1.807, 2.05) is 43.3 Å². The number of thiazole rings is 1. The smallest absolute Gasteiger partial charge is 0.300 e. The second kappa shape index (κ2) is 7.77. The van der Waals surface area contributed by atoms with E-state index in [4.69, 9.17) is 16.3 Å². The Bertz CT molecular complexity index is 1140. The molecule has 2 heterocycles. The van der Waals surface area contributed by atoms with Gasteiger partial charge in [0, 0.05) is 16.1 Å². The minimum absolute atomic E-state index is 0.109. The number of amides is 2. The number of ether oxygens (including phenoxy) is 1. The summed E-state index contributed by atoms with van der Waals surface area (Å²) in [4.78, 5) is 33.6. The Labute approximate surface area is 176 Å². The van der Waals surface area contributed by atoms with Crippen molar-refractivity contribution in [2.45, 2.75) is 20.0 Å². The molecular weight excluding hydrogens is 410 g/mol. The van der Waals surface area contributed by atoms with Gasteiger partial charge in [-0.2, -0.15) is 4.99 Å². The molecule has 1 N–H and O–H groups in total. The molecule has 1 fully saturated rings. The van der Waals surface area contributed by atoms with E-state index in [-0.39, 0.29) is 11.9 Å². The Kier molecular flexibility index (Phi) is 5.17. The standard InChI is InChI=1S/C21H16ClN3O3S/c1-11-6-8-13(9-7-11)16-18(26)24-21(28-16)25-19(27)17-12(2)23-20(29-17)14-4-3-5-15(22)10-14/h3-10,16H,1-2H3,(H,24,25,26,27)/t16-/m1/s1. The predicted octanol–water partition coefficient (Wildman–Crippen LogP) is 4.46. The lowest BCUT2D eigenvalue weighted by atomic mass is 10.1. The highest BCUT2D eigenvalue weighted by molar-refractivity contribution is 7.17. The average molecular weight is 426 g/mol. The van der Waals surface area contributed by atoms with Crippen LogP contribution >= 0.6 is 22.9 Å². The van der Waals surface area contributed by atoms with Gasteiger partial charge in [-0.3, -0.25) is 14.9 Å². The number of halogens is 1. The Morgan fingerprint density at radius 1 is 1.21 bits per heavy atom. The summed E-state index contributed by atoms with van der Waals surface area (Å²) in [6.07, 6.45) is -0.827. The van der Waals surface area contributed by atoms with Gasteiger partial charge in [-0.05, 0) is 26.0 Å². The van der Waals surface area contributed by atoms with Crippen LogP contribution in [-0.4, -0.2) is 22.8 Å². The summed E-state index contributed by atoms with van der Waals surface area (Å²) in [5.74, 6) is -0.880. The highest BCUT2D eigenvalue weighted by atomic mass is 35.5. The van der Waals surface area contributed by atoms with Gasteiger partial charge in [0.2, 0.25) is 6.10 Å². The molecule has 1 aliphatic rings. The van der Waals surface area contributed by atoms with Crippen LogP contribution in [0.25, 0.3) is 10.6 Å². The van der Waals surface area contributed by atoms with Gasteiger partial charge in [0.15, 0.2) is 0 Å². The van der Waals surface area contributed by atoms with Gasteiger partial charge in [-0.15, -0.1) is 11.3 Å². The second-order valence-corrected chi connectivity index (χ2v) is 8.00. The SMILES string of the molecule is Cc1ccc([C@H]2OC(=NC(=O)c3sc(-c4cccc(Cl)c4)nc3C)NC2=O)cc1. The molecule has 0 spiro atoms. The lowest BCUT2D eigenvalue weighted by Gasteiger charge is -2.07. The molecule has 0 saturated carbocycles. The number of nitrogens with one attached hydrogen (secondary N) is 1. The molecule has 1 aliphatic heterocycles. The minimum atomic E-state index is -0.827. The first kappa shape index (κ1) is 19.3. The van der Waals surface area contributed by atoms with Crippen molar-refractivity contribution in [3.05, 3.63) is 75.3 Å². The zero-order chi connectivity index (χ0) is 20.5. The Balaban J connectivity index is 1.55.